The zero-order chi connectivity index (χ0) is 26.1. The van der Waals surface area contributed by atoms with Gasteiger partial charge in [0, 0.05) is 18.0 Å². The molecule has 36 heavy (non-hydrogen) atoms. The second-order valence-electron chi connectivity index (χ2n) is 7.05. The summed E-state index contributed by atoms with van der Waals surface area (Å²) in [4.78, 5) is 37.0. The minimum atomic E-state index is -5.08. The van der Waals surface area contributed by atoms with E-state index in [9.17, 15) is 18.0 Å². The highest BCUT2D eigenvalue weighted by molar-refractivity contribution is 5.85. The number of hydrogen-bond acceptors (Lipinski definition) is 6. The number of H-pyrrole nitrogens is 1. The Morgan fingerprint density at radius 3 is 2.39 bits per heavy atom. The first-order chi connectivity index (χ1) is 17.2. The molecule has 0 atom stereocenters. The van der Waals surface area contributed by atoms with E-state index >= 15 is 0 Å². The van der Waals surface area contributed by atoms with Crippen molar-refractivity contribution >= 4 is 17.7 Å². The van der Waals surface area contributed by atoms with Crippen molar-refractivity contribution in [1.29, 1.82) is 0 Å². The van der Waals surface area contributed by atoms with Crippen LogP contribution in [0.1, 0.15) is 6.92 Å². The molecule has 0 radical (unpaired) electrons. The number of carboxylic acids is 1. The number of halogens is 3. The van der Waals surface area contributed by atoms with Gasteiger partial charge in [0.25, 0.3) is 0 Å². The van der Waals surface area contributed by atoms with Crippen LogP contribution in [-0.2, 0) is 9.53 Å². The summed E-state index contributed by atoms with van der Waals surface area (Å²) < 4.78 is 36.6. The van der Waals surface area contributed by atoms with E-state index in [1.54, 1.807) is 31.7 Å². The van der Waals surface area contributed by atoms with E-state index in [1.807, 2.05) is 48.5 Å². The van der Waals surface area contributed by atoms with Gasteiger partial charge in [-0.1, -0.05) is 30.3 Å². The molecule has 0 fully saturated rings. The lowest BCUT2D eigenvalue weighted by molar-refractivity contribution is -0.192. The smallest absolute Gasteiger partial charge is 0.475 e. The molecule has 1 aromatic carbocycles. The first-order valence-electron chi connectivity index (χ1n) is 10.4. The highest BCUT2D eigenvalue weighted by atomic mass is 19.4. The number of nitrogens with zero attached hydrogens (tertiary/aromatic N) is 3. The Labute approximate surface area is 203 Å². The minimum Gasteiger partial charge on any atom is -0.475 e. The third-order valence-electron chi connectivity index (χ3n) is 4.50. The number of benzene rings is 1. The molecule has 1 amide bonds. The van der Waals surface area contributed by atoms with Crippen LogP contribution in [0.25, 0.3) is 33.9 Å². The molecule has 0 spiro atoms. The molecule has 4 aromatic rings. The second kappa shape index (κ2) is 11.6. The number of amides is 1. The van der Waals surface area contributed by atoms with E-state index in [0.717, 1.165) is 22.4 Å². The van der Waals surface area contributed by atoms with Gasteiger partial charge in [0.2, 0.25) is 0 Å². The Morgan fingerprint density at radius 2 is 1.72 bits per heavy atom. The Balaban J connectivity index is 0.000000454. The van der Waals surface area contributed by atoms with Crippen LogP contribution in [0.3, 0.4) is 0 Å². The summed E-state index contributed by atoms with van der Waals surface area (Å²) in [6, 6.07) is 15.6. The summed E-state index contributed by atoms with van der Waals surface area (Å²) in [5.41, 5.74) is 5.02. The molecule has 0 aliphatic carbocycles. The van der Waals surface area contributed by atoms with Crippen molar-refractivity contribution in [1.82, 2.24) is 19.9 Å². The van der Waals surface area contributed by atoms with E-state index in [-0.39, 0.29) is 0 Å². The Hall–Kier alpha value is -4.74. The second-order valence-corrected chi connectivity index (χ2v) is 7.05. The Kier molecular flexibility index (Phi) is 8.34. The normalized spacial score (nSPS) is 10.7. The predicted molar refractivity (Wildman–Crippen MR) is 125 cm³/mol. The number of ether oxygens (including phenoxy) is 1. The van der Waals surface area contributed by atoms with E-state index in [0.29, 0.717) is 23.8 Å². The minimum absolute atomic E-state index is 0.306. The third kappa shape index (κ3) is 7.13. The van der Waals surface area contributed by atoms with Gasteiger partial charge in [-0.05, 0) is 36.2 Å². The molecule has 4 rings (SSSR count). The molecule has 12 heteroatoms. The van der Waals surface area contributed by atoms with E-state index in [1.165, 1.54) is 0 Å². The molecule has 0 aliphatic rings. The van der Waals surface area contributed by atoms with Crippen LogP contribution in [0, 0.1) is 0 Å². The van der Waals surface area contributed by atoms with E-state index in [4.69, 9.17) is 14.6 Å². The first-order valence-corrected chi connectivity index (χ1v) is 10.4. The lowest BCUT2D eigenvalue weighted by atomic mass is 10.1. The Bertz CT molecular complexity index is 1330. The molecule has 0 unspecified atom stereocenters. The SMILES string of the molecule is CCOC(=O)Nc1cncc(-c2ccnc(-c3ncc(-c4ccccc4)[nH]3)c2)c1.O=C(O)C(F)(F)F. The zero-order valence-corrected chi connectivity index (χ0v) is 18.8. The lowest BCUT2D eigenvalue weighted by Gasteiger charge is -2.07. The van der Waals surface area contributed by atoms with Crippen molar-refractivity contribution in [2.75, 3.05) is 11.9 Å². The highest BCUT2D eigenvalue weighted by Crippen LogP contribution is 2.26. The highest BCUT2D eigenvalue weighted by Gasteiger charge is 2.38. The maximum atomic E-state index is 11.6. The summed E-state index contributed by atoms with van der Waals surface area (Å²) in [6.45, 7) is 2.06. The number of anilines is 1. The van der Waals surface area contributed by atoms with Crippen LogP contribution >= 0.6 is 0 Å². The number of aliphatic carboxylic acids is 1. The van der Waals surface area contributed by atoms with E-state index < -0.39 is 18.2 Å². The fourth-order valence-electron chi connectivity index (χ4n) is 2.91. The summed E-state index contributed by atoms with van der Waals surface area (Å²) in [5.74, 6) is -2.08. The Morgan fingerprint density at radius 1 is 1.00 bits per heavy atom. The molecule has 0 saturated carbocycles. The number of carbonyl (C=O) groups excluding carboxylic acids is 1. The monoisotopic (exact) mass is 499 g/mol. The quantitative estimate of drug-likeness (QED) is 0.335. The number of hydrogen-bond donors (Lipinski definition) is 3. The van der Waals surface area contributed by atoms with Crippen molar-refractivity contribution in [2.45, 2.75) is 13.1 Å². The van der Waals surface area contributed by atoms with E-state index in [2.05, 4.69) is 25.3 Å². The average molecular weight is 499 g/mol. The largest absolute Gasteiger partial charge is 0.490 e. The molecule has 3 N–H and O–H groups in total. The number of carboxylic acid groups (broad SMARTS) is 1. The number of aromatic amines is 1. The topological polar surface area (TPSA) is 130 Å². The van der Waals surface area contributed by atoms with Crippen LogP contribution in [0.4, 0.5) is 23.7 Å². The average Bonchev–Trinajstić information content (AvgIpc) is 3.35. The van der Waals surface area contributed by atoms with Crippen LogP contribution in [0.15, 0.2) is 73.3 Å². The molecular weight excluding hydrogens is 479 g/mol. The predicted octanol–water partition coefficient (Wildman–Crippen LogP) is 5.40. The maximum absolute atomic E-state index is 11.6. The van der Waals surface area contributed by atoms with Crippen molar-refractivity contribution < 1.29 is 32.6 Å². The third-order valence-corrected chi connectivity index (χ3v) is 4.50. The van der Waals surface area contributed by atoms with Crippen molar-refractivity contribution in [3.8, 4) is 33.9 Å². The van der Waals surface area contributed by atoms with Gasteiger partial charge in [-0.2, -0.15) is 13.2 Å². The molecule has 0 aliphatic heterocycles. The number of nitrogens with one attached hydrogen (secondary N) is 2. The number of rotatable bonds is 5. The van der Waals surface area contributed by atoms with Crippen LogP contribution in [0.2, 0.25) is 0 Å². The molecule has 3 aromatic heterocycles. The summed E-state index contributed by atoms with van der Waals surface area (Å²) >= 11 is 0. The van der Waals surface area contributed by atoms with Gasteiger partial charge >= 0.3 is 18.2 Å². The fraction of sp³-hybridized carbons (Fsp3) is 0.125. The van der Waals surface area contributed by atoms with Gasteiger partial charge < -0.3 is 14.8 Å². The molecule has 9 nitrogen and oxygen atoms in total. The molecule has 186 valence electrons. The zero-order valence-electron chi connectivity index (χ0n) is 18.8. The van der Waals surface area contributed by atoms with Gasteiger partial charge in [0.1, 0.15) is 5.69 Å². The number of aromatic nitrogens is 4. The number of carbonyl (C=O) groups is 2. The van der Waals surface area contributed by atoms with Gasteiger partial charge in [-0.25, -0.2) is 14.6 Å². The molecule has 0 saturated heterocycles. The fourth-order valence-corrected chi connectivity index (χ4v) is 2.91. The van der Waals surface area contributed by atoms with Crippen LogP contribution in [0.5, 0.6) is 0 Å². The van der Waals surface area contributed by atoms with Crippen molar-refractivity contribution in [3.63, 3.8) is 0 Å². The van der Waals surface area contributed by atoms with Crippen molar-refractivity contribution in [3.05, 3.63) is 73.3 Å². The van der Waals surface area contributed by atoms with Gasteiger partial charge in [0.15, 0.2) is 5.82 Å². The number of pyridine rings is 2. The first kappa shape index (κ1) is 25.9. The van der Waals surface area contributed by atoms with Crippen LogP contribution < -0.4 is 5.32 Å². The maximum Gasteiger partial charge on any atom is 0.490 e. The molecule has 0 bridgehead atoms. The summed E-state index contributed by atoms with van der Waals surface area (Å²) in [5, 5.41) is 9.79. The van der Waals surface area contributed by atoms with Crippen LogP contribution in [-0.4, -0.2) is 49.9 Å². The lowest BCUT2D eigenvalue weighted by Crippen LogP contribution is -2.21. The van der Waals surface area contributed by atoms with Gasteiger partial charge in [0.05, 0.1) is 30.4 Å². The summed E-state index contributed by atoms with van der Waals surface area (Å²) in [6.07, 6.45) is 1.23. The molecule has 3 heterocycles. The van der Waals surface area contributed by atoms with Gasteiger partial charge in [-0.3, -0.25) is 15.3 Å². The van der Waals surface area contributed by atoms with Gasteiger partial charge in [-0.15, -0.1) is 0 Å². The summed E-state index contributed by atoms with van der Waals surface area (Å²) in [7, 11) is 0. The number of imidazole rings is 1. The standard InChI is InChI=1S/C22H19N5O2.C2HF3O2/c1-2-29-22(28)26-18-10-17(12-23-13-18)16-8-9-24-19(11-16)21-25-14-20(27-21)15-6-4-3-5-7-15;3-2(4,5)1(6)7/h3-14H,2H2,1H3,(H,25,27)(H,26,28);(H,6,7). The molecular formula is C24H20F3N5O4. The number of alkyl halides is 3. The van der Waals surface area contributed by atoms with Crippen molar-refractivity contribution in [2.24, 2.45) is 0 Å².